The summed E-state index contributed by atoms with van der Waals surface area (Å²) in [6.45, 7) is 2.14. The molecule has 3 atom stereocenters. The quantitative estimate of drug-likeness (QED) is 0.610. The van der Waals surface area contributed by atoms with Crippen LogP contribution in [-0.4, -0.2) is 19.3 Å². The van der Waals surface area contributed by atoms with Crippen molar-refractivity contribution in [1.82, 2.24) is 0 Å². The molecule has 2 heteroatoms. The van der Waals surface area contributed by atoms with Crippen molar-refractivity contribution >= 4 is 0 Å². The molecule has 1 rings (SSSR count). The maximum absolute atomic E-state index is 5.64. The van der Waals surface area contributed by atoms with Crippen LogP contribution < -0.4 is 5.73 Å². The summed E-state index contributed by atoms with van der Waals surface area (Å²) in [7, 11) is 1.76. The Balaban J connectivity index is 2.23. The predicted molar refractivity (Wildman–Crippen MR) is 37.2 cm³/mol. The van der Waals surface area contributed by atoms with Gasteiger partial charge in [0.25, 0.3) is 0 Å². The van der Waals surface area contributed by atoms with Gasteiger partial charge in [0.05, 0.1) is 6.10 Å². The van der Waals surface area contributed by atoms with Gasteiger partial charge in [-0.15, -0.1) is 0 Å². The van der Waals surface area contributed by atoms with Gasteiger partial charge in [-0.2, -0.15) is 0 Å². The Bertz CT molecular complexity index is 90.9. The predicted octanol–water partition coefficient (Wildman–Crippen LogP) is 0.759. The molecule has 0 radical (unpaired) electrons. The molecule has 1 aliphatic carbocycles. The third-order valence-electron chi connectivity index (χ3n) is 2.07. The fraction of sp³-hybridized carbons (Fsp3) is 1.00. The van der Waals surface area contributed by atoms with Crippen LogP contribution in [0, 0.1) is 5.92 Å². The van der Waals surface area contributed by atoms with Crippen LogP contribution >= 0.6 is 0 Å². The lowest BCUT2D eigenvalue weighted by Gasteiger charge is -2.10. The second-order valence-electron chi connectivity index (χ2n) is 2.75. The van der Waals surface area contributed by atoms with Crippen molar-refractivity contribution in [1.29, 1.82) is 0 Å². The monoisotopic (exact) mass is 129 g/mol. The second kappa shape index (κ2) is 2.67. The third kappa shape index (κ3) is 1.43. The molecular formula is C7H15NO. The topological polar surface area (TPSA) is 35.2 Å². The first-order valence-electron chi connectivity index (χ1n) is 3.58. The molecule has 0 bridgehead atoms. The summed E-state index contributed by atoms with van der Waals surface area (Å²) in [5, 5.41) is 0. The van der Waals surface area contributed by atoms with Crippen LogP contribution in [0.1, 0.15) is 19.8 Å². The van der Waals surface area contributed by atoms with Crippen LogP contribution in [0.5, 0.6) is 0 Å². The molecule has 0 aliphatic heterocycles. The number of nitrogens with two attached hydrogens (primary N) is 1. The summed E-state index contributed by atoms with van der Waals surface area (Å²) in [5.41, 5.74) is 5.64. The van der Waals surface area contributed by atoms with Gasteiger partial charge in [0.2, 0.25) is 0 Å². The summed E-state index contributed by atoms with van der Waals surface area (Å²) >= 11 is 0. The van der Waals surface area contributed by atoms with Gasteiger partial charge < -0.3 is 10.5 Å². The molecule has 0 spiro atoms. The van der Waals surface area contributed by atoms with Crippen molar-refractivity contribution in [2.45, 2.75) is 31.9 Å². The number of hydrogen-bond donors (Lipinski definition) is 1. The van der Waals surface area contributed by atoms with Crippen molar-refractivity contribution < 1.29 is 4.74 Å². The SMILES string of the molecule is CCC(OC)[C@@H]1C[C@H]1N. The molecule has 54 valence electrons. The van der Waals surface area contributed by atoms with Gasteiger partial charge in [0.15, 0.2) is 0 Å². The molecule has 9 heavy (non-hydrogen) atoms. The summed E-state index contributed by atoms with van der Waals surface area (Å²) < 4.78 is 5.21. The van der Waals surface area contributed by atoms with E-state index in [2.05, 4.69) is 6.92 Å². The highest BCUT2D eigenvalue weighted by Crippen LogP contribution is 2.34. The standard InChI is InChI=1S/C7H15NO/c1-3-7(9-2)5-4-6(5)8/h5-7H,3-4,8H2,1-2H3/t5-,6-,7?/m1/s1. The second-order valence-corrected chi connectivity index (χ2v) is 2.75. The lowest BCUT2D eigenvalue weighted by molar-refractivity contribution is 0.0799. The molecule has 1 aliphatic rings. The zero-order chi connectivity index (χ0) is 6.85. The van der Waals surface area contributed by atoms with Crippen LogP contribution in [0.25, 0.3) is 0 Å². The van der Waals surface area contributed by atoms with Crippen LogP contribution in [0.2, 0.25) is 0 Å². The van der Waals surface area contributed by atoms with Crippen LogP contribution in [0.3, 0.4) is 0 Å². The summed E-state index contributed by atoms with van der Waals surface area (Å²) in [4.78, 5) is 0. The Kier molecular flexibility index (Phi) is 2.09. The average molecular weight is 129 g/mol. The van der Waals surface area contributed by atoms with Crippen molar-refractivity contribution in [2.75, 3.05) is 7.11 Å². The Morgan fingerprint density at radius 1 is 1.78 bits per heavy atom. The lowest BCUT2D eigenvalue weighted by atomic mass is 10.2. The van der Waals surface area contributed by atoms with E-state index in [-0.39, 0.29) is 0 Å². The minimum atomic E-state index is 0.417. The summed E-state index contributed by atoms with van der Waals surface area (Å²) in [5.74, 6) is 0.653. The highest BCUT2D eigenvalue weighted by molar-refractivity contribution is 4.94. The highest BCUT2D eigenvalue weighted by Gasteiger charge is 2.39. The zero-order valence-electron chi connectivity index (χ0n) is 6.13. The average Bonchev–Trinajstić information content (AvgIpc) is 2.51. The Labute approximate surface area is 56.4 Å². The van der Waals surface area contributed by atoms with Gasteiger partial charge in [-0.25, -0.2) is 0 Å². The van der Waals surface area contributed by atoms with Crippen LogP contribution in [0.15, 0.2) is 0 Å². The van der Waals surface area contributed by atoms with Crippen molar-refractivity contribution in [3.05, 3.63) is 0 Å². The van der Waals surface area contributed by atoms with Crippen LogP contribution in [-0.2, 0) is 4.74 Å². The molecule has 0 heterocycles. The largest absolute Gasteiger partial charge is 0.381 e. The van der Waals surface area contributed by atoms with E-state index in [1.807, 2.05) is 0 Å². The maximum Gasteiger partial charge on any atom is 0.0612 e. The highest BCUT2D eigenvalue weighted by atomic mass is 16.5. The molecule has 1 fully saturated rings. The van der Waals surface area contributed by atoms with Gasteiger partial charge >= 0.3 is 0 Å². The minimum absolute atomic E-state index is 0.417. The van der Waals surface area contributed by atoms with Gasteiger partial charge in [0.1, 0.15) is 0 Å². The van der Waals surface area contributed by atoms with E-state index < -0.39 is 0 Å². The first kappa shape index (κ1) is 7.03. The lowest BCUT2D eigenvalue weighted by Crippen LogP contribution is -2.17. The Morgan fingerprint density at radius 3 is 2.44 bits per heavy atom. The fourth-order valence-electron chi connectivity index (χ4n) is 1.31. The molecular weight excluding hydrogens is 114 g/mol. The summed E-state index contributed by atoms with van der Waals surface area (Å²) in [6, 6.07) is 0.426. The molecule has 0 amide bonds. The fourth-order valence-corrected chi connectivity index (χ4v) is 1.31. The first-order valence-corrected chi connectivity index (χ1v) is 3.58. The summed E-state index contributed by atoms with van der Waals surface area (Å²) in [6.07, 6.45) is 2.67. The molecule has 0 aromatic carbocycles. The van der Waals surface area contributed by atoms with E-state index in [1.165, 1.54) is 0 Å². The zero-order valence-corrected chi connectivity index (χ0v) is 6.13. The number of methoxy groups -OCH3 is 1. The number of ether oxygens (including phenoxy) is 1. The molecule has 0 aromatic rings. The number of rotatable bonds is 3. The van der Waals surface area contributed by atoms with Gasteiger partial charge in [0, 0.05) is 19.1 Å². The van der Waals surface area contributed by atoms with E-state index >= 15 is 0 Å². The van der Waals surface area contributed by atoms with Gasteiger partial charge in [-0.05, 0) is 12.8 Å². The molecule has 1 unspecified atom stereocenters. The Hall–Kier alpha value is -0.0800. The Morgan fingerprint density at radius 2 is 2.33 bits per heavy atom. The molecule has 2 nitrogen and oxygen atoms in total. The van der Waals surface area contributed by atoms with E-state index in [0.717, 1.165) is 12.8 Å². The van der Waals surface area contributed by atoms with Crippen molar-refractivity contribution in [3.63, 3.8) is 0 Å². The van der Waals surface area contributed by atoms with E-state index in [0.29, 0.717) is 18.1 Å². The van der Waals surface area contributed by atoms with Crippen molar-refractivity contribution in [2.24, 2.45) is 11.7 Å². The molecule has 0 aromatic heterocycles. The molecule has 2 N–H and O–H groups in total. The van der Waals surface area contributed by atoms with Crippen molar-refractivity contribution in [3.8, 4) is 0 Å². The van der Waals surface area contributed by atoms with Crippen LogP contribution in [0.4, 0.5) is 0 Å². The molecule has 0 saturated heterocycles. The van der Waals surface area contributed by atoms with Gasteiger partial charge in [-0.3, -0.25) is 0 Å². The maximum atomic E-state index is 5.64. The smallest absolute Gasteiger partial charge is 0.0612 e. The van der Waals surface area contributed by atoms with E-state index in [4.69, 9.17) is 10.5 Å². The molecule has 1 saturated carbocycles. The normalized spacial score (nSPS) is 36.3. The first-order chi connectivity index (χ1) is 4.29. The van der Waals surface area contributed by atoms with E-state index in [1.54, 1.807) is 7.11 Å². The number of hydrogen-bond acceptors (Lipinski definition) is 2. The minimum Gasteiger partial charge on any atom is -0.381 e. The van der Waals surface area contributed by atoms with E-state index in [9.17, 15) is 0 Å². The third-order valence-corrected chi connectivity index (χ3v) is 2.07. The van der Waals surface area contributed by atoms with Gasteiger partial charge in [-0.1, -0.05) is 6.92 Å².